The molecule has 3 aliphatic carbocycles. The lowest BCUT2D eigenvalue weighted by Gasteiger charge is -2.24. The zero-order valence-corrected chi connectivity index (χ0v) is 35.1. The van der Waals surface area contributed by atoms with E-state index >= 15 is 0 Å². The van der Waals surface area contributed by atoms with E-state index < -0.39 is 0 Å². The summed E-state index contributed by atoms with van der Waals surface area (Å²) in [6.45, 7) is 2.27. The van der Waals surface area contributed by atoms with Crippen LogP contribution in [0.4, 0.5) is 0 Å². The maximum absolute atomic E-state index is 13.9. The van der Waals surface area contributed by atoms with Crippen LogP contribution in [0.3, 0.4) is 0 Å². The molecule has 2 aromatic heterocycles. The Labute approximate surface area is 366 Å². The first-order chi connectivity index (χ1) is 31.1. The van der Waals surface area contributed by atoms with Gasteiger partial charge in [0.1, 0.15) is 6.61 Å². The lowest BCUT2D eigenvalue weighted by atomic mass is 9.80. The van der Waals surface area contributed by atoms with Gasteiger partial charge in [-0.3, -0.25) is 0 Å². The van der Waals surface area contributed by atoms with Crippen LogP contribution < -0.4 is 0 Å². The molecule has 0 amide bonds. The average Bonchev–Trinajstić information content (AvgIpc) is 3.97. The summed E-state index contributed by atoms with van der Waals surface area (Å²) in [7, 11) is 0. The summed E-state index contributed by atoms with van der Waals surface area (Å²) in [6, 6.07) is 56.5. The summed E-state index contributed by atoms with van der Waals surface area (Å²) in [5.74, 6) is -0.254. The van der Waals surface area contributed by atoms with Gasteiger partial charge in [0.15, 0.2) is 0 Å². The van der Waals surface area contributed by atoms with Crippen molar-refractivity contribution in [2.75, 3.05) is 0 Å². The number of allylic oxidation sites excluding steroid dienone is 8. The molecule has 0 aliphatic heterocycles. The number of aromatic nitrogens is 2. The van der Waals surface area contributed by atoms with E-state index in [1.54, 1.807) is 0 Å². The van der Waals surface area contributed by atoms with E-state index in [2.05, 4.69) is 167 Å². The normalized spacial score (nSPS) is 15.8. The first kappa shape index (κ1) is 37.1. The van der Waals surface area contributed by atoms with Crippen molar-refractivity contribution < 1.29 is 9.53 Å². The van der Waals surface area contributed by atoms with Gasteiger partial charge in [0.05, 0.1) is 27.6 Å². The largest absolute Gasteiger partial charge is 0.457 e. The van der Waals surface area contributed by atoms with Crippen LogP contribution in [0.25, 0.3) is 83.3 Å². The minimum atomic E-state index is -0.230. The zero-order valence-electron chi connectivity index (χ0n) is 35.1. The molecule has 0 N–H and O–H groups in total. The monoisotopic (exact) mass is 812 g/mol. The van der Waals surface area contributed by atoms with Crippen molar-refractivity contribution >= 4 is 72.5 Å². The first-order valence-electron chi connectivity index (χ1n) is 22.1. The Morgan fingerprint density at radius 3 is 1.94 bits per heavy atom. The van der Waals surface area contributed by atoms with Gasteiger partial charge in [0, 0.05) is 38.8 Å². The van der Waals surface area contributed by atoms with E-state index in [9.17, 15) is 4.79 Å². The molecule has 302 valence electrons. The fourth-order valence-electron chi connectivity index (χ4n) is 10.6. The number of hydrogen-bond donors (Lipinski definition) is 0. The highest BCUT2D eigenvalue weighted by Gasteiger charge is 2.38. The van der Waals surface area contributed by atoms with Gasteiger partial charge >= 0.3 is 5.97 Å². The maximum atomic E-state index is 13.9. The lowest BCUT2D eigenvalue weighted by molar-refractivity contribution is -0.140. The highest BCUT2D eigenvalue weighted by atomic mass is 16.5. The molecule has 7 aromatic carbocycles. The number of ether oxygens (including phenoxy) is 1. The Hall–Kier alpha value is -7.69. The Bertz CT molecular complexity index is 3500. The molecule has 1 atom stereocenters. The average molecular weight is 813 g/mol. The highest BCUT2D eigenvalue weighted by molar-refractivity contribution is 6.13. The first-order valence-corrected chi connectivity index (χ1v) is 22.1. The highest BCUT2D eigenvalue weighted by Crippen LogP contribution is 2.51. The smallest absolute Gasteiger partial charge is 0.335 e. The van der Waals surface area contributed by atoms with Crippen molar-refractivity contribution in [2.24, 2.45) is 0 Å². The third-order valence-electron chi connectivity index (χ3n) is 13.4. The number of rotatable bonds is 8. The summed E-state index contributed by atoms with van der Waals surface area (Å²) in [4.78, 5) is 13.9. The molecule has 3 aliphatic rings. The second-order valence-corrected chi connectivity index (χ2v) is 16.9. The van der Waals surface area contributed by atoms with Crippen molar-refractivity contribution in [3.63, 3.8) is 0 Å². The Kier molecular flexibility index (Phi) is 8.86. The summed E-state index contributed by atoms with van der Waals surface area (Å²) in [5, 5.41) is 5.02. The van der Waals surface area contributed by atoms with Crippen molar-refractivity contribution in [2.45, 2.75) is 38.7 Å². The van der Waals surface area contributed by atoms with Crippen LogP contribution in [0.1, 0.15) is 59.9 Å². The van der Waals surface area contributed by atoms with E-state index in [-0.39, 0.29) is 18.5 Å². The fraction of sp³-hybridized carbons (Fsp3) is 0.102. The number of esters is 1. The van der Waals surface area contributed by atoms with Gasteiger partial charge in [-0.2, -0.15) is 0 Å². The molecule has 4 nitrogen and oxygen atoms in total. The molecule has 12 rings (SSSR count). The summed E-state index contributed by atoms with van der Waals surface area (Å²) >= 11 is 0. The van der Waals surface area contributed by atoms with Crippen LogP contribution in [-0.4, -0.2) is 15.1 Å². The molecule has 1 unspecified atom stereocenters. The number of nitrogens with zero attached hydrogens (tertiary/aromatic N) is 2. The SMILES string of the molecule is C/C=C\C1=C(C(=O)OCc2ccccc2)C2CC=Cc3c(C4=CC=C(n5c6ccccc6c6cc(-c7ccc8c(c7)c7ccccc7n8-c7ccccc7)ccc65)CC4)ccc1c32. The molecule has 0 saturated carbocycles. The fourth-order valence-corrected chi connectivity index (χ4v) is 10.6. The van der Waals surface area contributed by atoms with Gasteiger partial charge in [0.25, 0.3) is 0 Å². The quantitative estimate of drug-likeness (QED) is 0.143. The van der Waals surface area contributed by atoms with Gasteiger partial charge in [-0.15, -0.1) is 0 Å². The van der Waals surface area contributed by atoms with Crippen molar-refractivity contribution in [1.29, 1.82) is 0 Å². The van der Waals surface area contributed by atoms with Crippen LogP contribution in [-0.2, 0) is 16.1 Å². The standard InChI is InChI=1S/C59H44N2O2/c1-2-14-47-49-32-31-44(48-21-13-22-50(57(48)49)58(47)59(62)63-37-38-15-5-3-6-16-38)39-25-29-43(30-26-39)61-54-24-12-10-20-46(54)52-36-41(28-34-56(52)61)40-27-33-55-51(35-40)45-19-9-11-23-53(45)60(55)42-17-7-4-8-18-42/h2-21,23-25,27-29,31-36,50H,22,26,30,37H2,1H3/b14-2-. The van der Waals surface area contributed by atoms with Crippen molar-refractivity contribution in [1.82, 2.24) is 9.13 Å². The summed E-state index contributed by atoms with van der Waals surface area (Å²) < 4.78 is 10.8. The van der Waals surface area contributed by atoms with E-state index in [1.807, 2.05) is 43.3 Å². The molecule has 63 heavy (non-hydrogen) atoms. The predicted molar refractivity (Wildman–Crippen MR) is 262 cm³/mol. The van der Waals surface area contributed by atoms with Crippen LogP contribution in [0.2, 0.25) is 0 Å². The Morgan fingerprint density at radius 2 is 1.25 bits per heavy atom. The molecule has 0 saturated heterocycles. The number of hydrogen-bond acceptors (Lipinski definition) is 2. The molecular weight excluding hydrogens is 769 g/mol. The van der Waals surface area contributed by atoms with Crippen LogP contribution in [0.5, 0.6) is 0 Å². The van der Waals surface area contributed by atoms with Gasteiger partial charge in [0.2, 0.25) is 0 Å². The third kappa shape index (κ3) is 6.01. The maximum Gasteiger partial charge on any atom is 0.335 e. The summed E-state index contributed by atoms with van der Waals surface area (Å²) in [5.41, 5.74) is 18.7. The van der Waals surface area contributed by atoms with Crippen molar-refractivity contribution in [3.8, 4) is 16.8 Å². The molecule has 9 aromatic rings. The number of carbonyl (C=O) groups excluding carboxylic acids is 1. The predicted octanol–water partition coefficient (Wildman–Crippen LogP) is 14.9. The molecular formula is C59H44N2O2. The topological polar surface area (TPSA) is 36.2 Å². The number of para-hydroxylation sites is 3. The van der Waals surface area contributed by atoms with Gasteiger partial charge < -0.3 is 13.9 Å². The second kappa shape index (κ2) is 15.0. The number of fused-ring (bicyclic) bond motifs is 6. The summed E-state index contributed by atoms with van der Waals surface area (Å²) in [6.07, 6.45) is 15.9. The van der Waals surface area contributed by atoms with Crippen LogP contribution >= 0.6 is 0 Å². The molecule has 2 heterocycles. The second-order valence-electron chi connectivity index (χ2n) is 16.9. The Morgan fingerprint density at radius 1 is 0.635 bits per heavy atom. The molecule has 0 bridgehead atoms. The van der Waals surface area contributed by atoms with Gasteiger partial charge in [-0.25, -0.2) is 4.79 Å². The van der Waals surface area contributed by atoms with Crippen LogP contribution in [0, 0.1) is 0 Å². The number of benzene rings is 7. The molecule has 4 heteroatoms. The van der Waals surface area contributed by atoms with Gasteiger partial charge in [-0.05, 0) is 131 Å². The van der Waals surface area contributed by atoms with E-state index in [0.717, 1.165) is 41.5 Å². The third-order valence-corrected chi connectivity index (χ3v) is 13.4. The van der Waals surface area contributed by atoms with Gasteiger partial charge in [-0.1, -0.05) is 140 Å². The lowest BCUT2D eigenvalue weighted by Crippen LogP contribution is -2.15. The van der Waals surface area contributed by atoms with Crippen LogP contribution in [0.15, 0.2) is 194 Å². The van der Waals surface area contributed by atoms with E-state index in [0.29, 0.717) is 0 Å². The Balaban J connectivity index is 0.894. The van der Waals surface area contributed by atoms with E-state index in [4.69, 9.17) is 4.74 Å². The molecule has 0 spiro atoms. The number of carbonyl (C=O) groups is 1. The zero-order chi connectivity index (χ0) is 42.0. The minimum Gasteiger partial charge on any atom is -0.457 e. The van der Waals surface area contributed by atoms with E-state index in [1.165, 1.54) is 88.4 Å². The minimum absolute atomic E-state index is 0.0243. The molecule has 0 radical (unpaired) electrons. The van der Waals surface area contributed by atoms with Crippen molar-refractivity contribution in [3.05, 3.63) is 221 Å². The molecule has 0 fully saturated rings.